The van der Waals surface area contributed by atoms with Crippen LogP contribution in [0, 0.1) is 0 Å². The van der Waals surface area contributed by atoms with E-state index in [9.17, 15) is 13.6 Å². The standard InChI is InChI=1S/C17H23F2N3O/c18-16(19)17(23)22-8-4-7-15(13-22)21-11-9-20(10-12-21)14-5-2-1-3-6-14/h1-3,5-6,15-16H,4,7-13H2. The third kappa shape index (κ3) is 3.80. The Morgan fingerprint density at radius 1 is 1.04 bits per heavy atom. The fraction of sp³-hybridized carbons (Fsp3) is 0.588. The van der Waals surface area contributed by atoms with Crippen molar-refractivity contribution in [2.45, 2.75) is 25.3 Å². The number of alkyl halides is 2. The molecule has 23 heavy (non-hydrogen) atoms. The van der Waals surface area contributed by atoms with Gasteiger partial charge in [-0.3, -0.25) is 9.69 Å². The van der Waals surface area contributed by atoms with Crippen LogP contribution in [0.2, 0.25) is 0 Å². The molecular formula is C17H23F2N3O. The molecule has 0 spiro atoms. The van der Waals surface area contributed by atoms with Crippen molar-refractivity contribution in [2.24, 2.45) is 0 Å². The van der Waals surface area contributed by atoms with Gasteiger partial charge in [-0.2, -0.15) is 8.78 Å². The van der Waals surface area contributed by atoms with Gasteiger partial charge in [0.05, 0.1) is 0 Å². The Labute approximate surface area is 135 Å². The number of halogens is 2. The minimum Gasteiger partial charge on any atom is -0.369 e. The van der Waals surface area contributed by atoms with Crippen molar-refractivity contribution in [3.8, 4) is 0 Å². The van der Waals surface area contributed by atoms with Crippen molar-refractivity contribution in [3.63, 3.8) is 0 Å². The minimum absolute atomic E-state index is 0.212. The van der Waals surface area contributed by atoms with E-state index in [0.29, 0.717) is 13.1 Å². The predicted octanol–water partition coefficient (Wildman–Crippen LogP) is 2.06. The van der Waals surface area contributed by atoms with Crippen LogP contribution < -0.4 is 4.90 Å². The molecule has 0 aliphatic carbocycles. The predicted molar refractivity (Wildman–Crippen MR) is 85.8 cm³/mol. The van der Waals surface area contributed by atoms with E-state index >= 15 is 0 Å². The molecule has 3 rings (SSSR count). The van der Waals surface area contributed by atoms with Crippen LogP contribution in [0.25, 0.3) is 0 Å². The lowest BCUT2D eigenvalue weighted by molar-refractivity contribution is -0.145. The lowest BCUT2D eigenvalue weighted by atomic mass is 10.0. The van der Waals surface area contributed by atoms with Gasteiger partial charge in [-0.05, 0) is 25.0 Å². The number of rotatable bonds is 3. The molecule has 1 atom stereocenters. The Morgan fingerprint density at radius 2 is 1.74 bits per heavy atom. The second kappa shape index (κ2) is 7.25. The molecule has 2 saturated heterocycles. The number of likely N-dealkylation sites (tertiary alicyclic amines) is 1. The van der Waals surface area contributed by atoms with Crippen LogP contribution in [0.15, 0.2) is 30.3 Å². The van der Waals surface area contributed by atoms with Crippen LogP contribution in [-0.2, 0) is 4.79 Å². The molecule has 0 radical (unpaired) electrons. The number of hydrogen-bond donors (Lipinski definition) is 0. The van der Waals surface area contributed by atoms with Crippen molar-refractivity contribution in [1.82, 2.24) is 9.80 Å². The fourth-order valence-corrected chi connectivity index (χ4v) is 3.58. The van der Waals surface area contributed by atoms with Gasteiger partial charge >= 0.3 is 6.43 Å². The highest BCUT2D eigenvalue weighted by Crippen LogP contribution is 2.21. The molecular weight excluding hydrogens is 300 g/mol. The van der Waals surface area contributed by atoms with Crippen molar-refractivity contribution < 1.29 is 13.6 Å². The second-order valence-electron chi connectivity index (χ2n) is 6.24. The fourth-order valence-electron chi connectivity index (χ4n) is 3.58. The molecule has 2 aliphatic heterocycles. The summed E-state index contributed by atoms with van der Waals surface area (Å²) >= 11 is 0. The molecule has 126 valence electrons. The molecule has 0 N–H and O–H groups in total. The average Bonchev–Trinajstić information content (AvgIpc) is 2.62. The summed E-state index contributed by atoms with van der Waals surface area (Å²) in [4.78, 5) is 17.5. The van der Waals surface area contributed by atoms with Crippen LogP contribution >= 0.6 is 0 Å². The maximum Gasteiger partial charge on any atom is 0.315 e. The maximum atomic E-state index is 12.6. The molecule has 0 saturated carbocycles. The van der Waals surface area contributed by atoms with Gasteiger partial charge in [0.15, 0.2) is 0 Å². The van der Waals surface area contributed by atoms with E-state index in [2.05, 4.69) is 21.9 Å². The zero-order valence-corrected chi connectivity index (χ0v) is 13.2. The molecule has 1 aromatic rings. The van der Waals surface area contributed by atoms with E-state index in [1.54, 1.807) is 0 Å². The van der Waals surface area contributed by atoms with Gasteiger partial charge in [0.25, 0.3) is 5.91 Å². The summed E-state index contributed by atoms with van der Waals surface area (Å²) in [6.07, 6.45) is -1.09. The van der Waals surface area contributed by atoms with Gasteiger partial charge in [-0.1, -0.05) is 18.2 Å². The summed E-state index contributed by atoms with van der Waals surface area (Å²) < 4.78 is 25.2. The highest BCUT2D eigenvalue weighted by molar-refractivity contribution is 5.79. The van der Waals surface area contributed by atoms with E-state index in [4.69, 9.17) is 0 Å². The molecule has 2 heterocycles. The number of piperidine rings is 1. The Bertz CT molecular complexity index is 518. The number of carbonyl (C=O) groups excluding carboxylic acids is 1. The maximum absolute atomic E-state index is 12.6. The summed E-state index contributed by atoms with van der Waals surface area (Å²) in [7, 11) is 0. The zero-order chi connectivity index (χ0) is 16.2. The molecule has 2 fully saturated rings. The lowest BCUT2D eigenvalue weighted by Gasteiger charge is -2.43. The van der Waals surface area contributed by atoms with E-state index in [1.165, 1.54) is 10.6 Å². The van der Waals surface area contributed by atoms with Crippen LogP contribution in [0.1, 0.15) is 12.8 Å². The van der Waals surface area contributed by atoms with Crippen molar-refractivity contribution >= 4 is 11.6 Å². The quantitative estimate of drug-likeness (QED) is 0.852. The van der Waals surface area contributed by atoms with Crippen LogP contribution in [0.5, 0.6) is 0 Å². The van der Waals surface area contributed by atoms with Crippen LogP contribution in [-0.4, -0.2) is 67.4 Å². The summed E-state index contributed by atoms with van der Waals surface area (Å²) in [6.45, 7) is 4.59. The molecule has 1 unspecified atom stereocenters. The summed E-state index contributed by atoms with van der Waals surface area (Å²) in [5.74, 6) is -1.02. The zero-order valence-electron chi connectivity index (χ0n) is 13.2. The van der Waals surface area contributed by atoms with Gasteiger partial charge < -0.3 is 9.80 Å². The van der Waals surface area contributed by atoms with Gasteiger partial charge in [-0.15, -0.1) is 0 Å². The van der Waals surface area contributed by atoms with E-state index in [1.807, 2.05) is 18.2 Å². The monoisotopic (exact) mass is 323 g/mol. The first-order chi connectivity index (χ1) is 11.1. The number of hydrogen-bond acceptors (Lipinski definition) is 3. The first-order valence-electron chi connectivity index (χ1n) is 8.26. The third-order valence-corrected chi connectivity index (χ3v) is 4.85. The normalized spacial score (nSPS) is 23.3. The summed E-state index contributed by atoms with van der Waals surface area (Å²) in [6, 6.07) is 10.5. The number of benzene rings is 1. The Balaban J connectivity index is 1.54. The van der Waals surface area contributed by atoms with E-state index < -0.39 is 12.3 Å². The van der Waals surface area contributed by atoms with Gasteiger partial charge in [0, 0.05) is 51.0 Å². The number of piperazine rings is 1. The van der Waals surface area contributed by atoms with Gasteiger partial charge in [0.1, 0.15) is 0 Å². The van der Waals surface area contributed by atoms with E-state index in [-0.39, 0.29) is 6.04 Å². The molecule has 2 aliphatic rings. The number of anilines is 1. The highest BCUT2D eigenvalue weighted by Gasteiger charge is 2.32. The third-order valence-electron chi connectivity index (χ3n) is 4.85. The van der Waals surface area contributed by atoms with Gasteiger partial charge in [0.2, 0.25) is 0 Å². The molecule has 6 heteroatoms. The van der Waals surface area contributed by atoms with Crippen molar-refractivity contribution in [3.05, 3.63) is 30.3 Å². The SMILES string of the molecule is O=C(C(F)F)N1CCCC(N2CCN(c3ccccc3)CC2)C1. The lowest BCUT2D eigenvalue weighted by Crippen LogP contribution is -2.56. The molecule has 0 aromatic heterocycles. The molecule has 0 bridgehead atoms. The smallest absolute Gasteiger partial charge is 0.315 e. The summed E-state index contributed by atoms with van der Waals surface area (Å²) in [5, 5.41) is 0. The Kier molecular flexibility index (Phi) is 5.10. The first-order valence-corrected chi connectivity index (χ1v) is 8.26. The number of para-hydroxylation sites is 1. The Morgan fingerprint density at radius 3 is 2.39 bits per heavy atom. The van der Waals surface area contributed by atoms with Gasteiger partial charge in [-0.25, -0.2) is 0 Å². The van der Waals surface area contributed by atoms with Crippen molar-refractivity contribution in [1.29, 1.82) is 0 Å². The molecule has 4 nitrogen and oxygen atoms in total. The second-order valence-corrected chi connectivity index (χ2v) is 6.24. The minimum atomic E-state index is -2.89. The van der Waals surface area contributed by atoms with Crippen LogP contribution in [0.4, 0.5) is 14.5 Å². The highest BCUT2D eigenvalue weighted by atomic mass is 19.3. The average molecular weight is 323 g/mol. The topological polar surface area (TPSA) is 26.8 Å². The van der Waals surface area contributed by atoms with E-state index in [0.717, 1.165) is 39.0 Å². The van der Waals surface area contributed by atoms with Crippen molar-refractivity contribution in [2.75, 3.05) is 44.2 Å². The number of nitrogens with zero attached hydrogens (tertiary/aromatic N) is 3. The first kappa shape index (κ1) is 16.2. The number of amides is 1. The number of carbonyl (C=O) groups is 1. The Hall–Kier alpha value is -1.69. The molecule has 1 aromatic carbocycles. The summed E-state index contributed by atoms with van der Waals surface area (Å²) in [5.41, 5.74) is 1.23. The largest absolute Gasteiger partial charge is 0.369 e. The molecule has 1 amide bonds. The van der Waals surface area contributed by atoms with Crippen LogP contribution in [0.3, 0.4) is 0 Å².